The third-order valence-corrected chi connectivity index (χ3v) is 2.92. The predicted molar refractivity (Wildman–Crippen MR) is 77.4 cm³/mol. The average Bonchev–Trinajstić information content (AvgIpc) is 2.80. The van der Waals surface area contributed by atoms with Gasteiger partial charge in [-0.1, -0.05) is 12.1 Å². The number of amides is 1. The van der Waals surface area contributed by atoms with Crippen molar-refractivity contribution in [2.45, 2.75) is 13.3 Å². The molecule has 1 aromatic carbocycles. The van der Waals surface area contributed by atoms with Crippen molar-refractivity contribution >= 4 is 11.6 Å². The van der Waals surface area contributed by atoms with Crippen molar-refractivity contribution < 1.29 is 4.79 Å². The SMILES string of the molecule is Cc1cccc(NC(=O)CNCCc2nncn2C)c1. The van der Waals surface area contributed by atoms with Crippen molar-refractivity contribution in [1.82, 2.24) is 20.1 Å². The highest BCUT2D eigenvalue weighted by molar-refractivity contribution is 5.92. The number of carbonyl (C=O) groups excluding carboxylic acids is 1. The molecular weight excluding hydrogens is 254 g/mol. The zero-order chi connectivity index (χ0) is 14.4. The summed E-state index contributed by atoms with van der Waals surface area (Å²) in [5.41, 5.74) is 1.95. The van der Waals surface area contributed by atoms with Gasteiger partial charge >= 0.3 is 0 Å². The molecule has 106 valence electrons. The Kier molecular flexibility index (Phi) is 4.84. The molecule has 0 bridgehead atoms. The highest BCUT2D eigenvalue weighted by atomic mass is 16.1. The van der Waals surface area contributed by atoms with Gasteiger partial charge in [-0.25, -0.2) is 0 Å². The first-order valence-electron chi connectivity index (χ1n) is 6.55. The van der Waals surface area contributed by atoms with E-state index >= 15 is 0 Å². The van der Waals surface area contributed by atoms with Crippen molar-refractivity contribution in [1.29, 1.82) is 0 Å². The number of hydrogen-bond donors (Lipinski definition) is 2. The molecule has 0 radical (unpaired) electrons. The number of benzene rings is 1. The zero-order valence-corrected chi connectivity index (χ0v) is 11.8. The van der Waals surface area contributed by atoms with Gasteiger partial charge in [0.15, 0.2) is 0 Å². The van der Waals surface area contributed by atoms with Crippen LogP contribution in [0.2, 0.25) is 0 Å². The summed E-state index contributed by atoms with van der Waals surface area (Å²) in [4.78, 5) is 11.7. The highest BCUT2D eigenvalue weighted by Crippen LogP contribution is 2.08. The van der Waals surface area contributed by atoms with E-state index < -0.39 is 0 Å². The van der Waals surface area contributed by atoms with Gasteiger partial charge in [0.25, 0.3) is 0 Å². The number of nitrogens with one attached hydrogen (secondary N) is 2. The Morgan fingerprint density at radius 2 is 2.25 bits per heavy atom. The van der Waals surface area contributed by atoms with E-state index in [9.17, 15) is 4.79 Å². The van der Waals surface area contributed by atoms with Crippen LogP contribution in [0.5, 0.6) is 0 Å². The van der Waals surface area contributed by atoms with Crippen LogP contribution in [0.4, 0.5) is 5.69 Å². The minimum absolute atomic E-state index is 0.0476. The Balaban J connectivity index is 1.69. The van der Waals surface area contributed by atoms with E-state index in [0.29, 0.717) is 6.54 Å². The molecule has 0 fully saturated rings. The van der Waals surface area contributed by atoms with E-state index in [-0.39, 0.29) is 12.5 Å². The predicted octanol–water partition coefficient (Wildman–Crippen LogP) is 0.894. The minimum Gasteiger partial charge on any atom is -0.325 e. The maximum absolute atomic E-state index is 11.7. The first kappa shape index (κ1) is 14.2. The second-order valence-corrected chi connectivity index (χ2v) is 4.70. The fourth-order valence-corrected chi connectivity index (χ4v) is 1.86. The van der Waals surface area contributed by atoms with Crippen molar-refractivity contribution in [3.8, 4) is 0 Å². The fraction of sp³-hybridized carbons (Fsp3) is 0.357. The summed E-state index contributed by atoms with van der Waals surface area (Å²) in [6.45, 7) is 2.97. The Morgan fingerprint density at radius 1 is 1.40 bits per heavy atom. The van der Waals surface area contributed by atoms with Gasteiger partial charge in [-0.15, -0.1) is 10.2 Å². The molecule has 6 nitrogen and oxygen atoms in total. The number of rotatable bonds is 6. The van der Waals surface area contributed by atoms with Crippen LogP contribution in [0.3, 0.4) is 0 Å². The lowest BCUT2D eigenvalue weighted by Crippen LogP contribution is -2.29. The van der Waals surface area contributed by atoms with Crippen LogP contribution < -0.4 is 10.6 Å². The smallest absolute Gasteiger partial charge is 0.238 e. The van der Waals surface area contributed by atoms with E-state index in [1.165, 1.54) is 0 Å². The van der Waals surface area contributed by atoms with Crippen molar-refractivity contribution in [2.24, 2.45) is 7.05 Å². The molecule has 0 aliphatic heterocycles. The molecule has 20 heavy (non-hydrogen) atoms. The molecule has 0 atom stereocenters. The summed E-state index contributed by atoms with van der Waals surface area (Å²) >= 11 is 0. The lowest BCUT2D eigenvalue weighted by atomic mass is 10.2. The van der Waals surface area contributed by atoms with Gasteiger partial charge in [0, 0.05) is 25.7 Å². The molecule has 0 saturated heterocycles. The third-order valence-electron chi connectivity index (χ3n) is 2.92. The number of nitrogens with zero attached hydrogens (tertiary/aromatic N) is 3. The first-order chi connectivity index (χ1) is 9.65. The maximum atomic E-state index is 11.7. The molecule has 0 saturated carbocycles. The summed E-state index contributed by atoms with van der Waals surface area (Å²) in [5, 5.41) is 13.7. The quantitative estimate of drug-likeness (QED) is 0.767. The standard InChI is InChI=1S/C14H19N5O/c1-11-4-3-5-12(8-11)17-14(20)9-15-7-6-13-18-16-10-19(13)2/h3-5,8,10,15H,6-7,9H2,1-2H3,(H,17,20). The molecule has 0 spiro atoms. The van der Waals surface area contributed by atoms with Crippen LogP contribution in [-0.2, 0) is 18.3 Å². The Morgan fingerprint density at radius 3 is 2.95 bits per heavy atom. The van der Waals surface area contributed by atoms with Gasteiger partial charge in [-0.05, 0) is 24.6 Å². The van der Waals surface area contributed by atoms with E-state index in [1.807, 2.05) is 42.8 Å². The molecule has 0 aliphatic carbocycles. The van der Waals surface area contributed by atoms with Crippen LogP contribution in [-0.4, -0.2) is 33.8 Å². The molecule has 6 heteroatoms. The van der Waals surface area contributed by atoms with Crippen LogP contribution in [0.15, 0.2) is 30.6 Å². The van der Waals surface area contributed by atoms with E-state index in [4.69, 9.17) is 0 Å². The summed E-state index contributed by atoms with van der Waals surface area (Å²) < 4.78 is 1.87. The highest BCUT2D eigenvalue weighted by Gasteiger charge is 2.03. The molecule has 1 aromatic heterocycles. The maximum Gasteiger partial charge on any atom is 0.238 e. The minimum atomic E-state index is -0.0476. The molecule has 0 unspecified atom stereocenters. The van der Waals surface area contributed by atoms with Gasteiger partial charge in [0.1, 0.15) is 12.2 Å². The number of hydrogen-bond acceptors (Lipinski definition) is 4. The fourth-order valence-electron chi connectivity index (χ4n) is 1.86. The van der Waals surface area contributed by atoms with E-state index in [2.05, 4.69) is 20.8 Å². The lowest BCUT2D eigenvalue weighted by molar-refractivity contribution is -0.115. The molecule has 2 rings (SSSR count). The average molecular weight is 273 g/mol. The summed E-state index contributed by atoms with van der Waals surface area (Å²) in [5.74, 6) is 0.852. The van der Waals surface area contributed by atoms with Crippen LogP contribution in [0.25, 0.3) is 0 Å². The number of anilines is 1. The monoisotopic (exact) mass is 273 g/mol. The second kappa shape index (κ2) is 6.81. The first-order valence-corrected chi connectivity index (χ1v) is 6.55. The van der Waals surface area contributed by atoms with Crippen molar-refractivity contribution in [3.05, 3.63) is 42.0 Å². The third kappa shape index (κ3) is 4.17. The van der Waals surface area contributed by atoms with Gasteiger partial charge < -0.3 is 15.2 Å². The topological polar surface area (TPSA) is 71.8 Å². The largest absolute Gasteiger partial charge is 0.325 e. The van der Waals surface area contributed by atoms with Crippen LogP contribution in [0.1, 0.15) is 11.4 Å². The van der Waals surface area contributed by atoms with E-state index in [1.54, 1.807) is 6.33 Å². The Hall–Kier alpha value is -2.21. The number of aryl methyl sites for hydroxylation is 2. The molecule has 0 aliphatic rings. The molecular formula is C14H19N5O. The summed E-state index contributed by atoms with van der Waals surface area (Å²) in [6, 6.07) is 7.74. The lowest BCUT2D eigenvalue weighted by Gasteiger charge is -2.07. The molecule has 1 heterocycles. The zero-order valence-electron chi connectivity index (χ0n) is 11.8. The normalized spacial score (nSPS) is 10.5. The number of carbonyl (C=O) groups is 1. The van der Waals surface area contributed by atoms with Gasteiger partial charge in [-0.2, -0.15) is 0 Å². The van der Waals surface area contributed by atoms with Gasteiger partial charge in [-0.3, -0.25) is 4.79 Å². The van der Waals surface area contributed by atoms with Gasteiger partial charge in [0.05, 0.1) is 6.54 Å². The summed E-state index contributed by atoms with van der Waals surface area (Å²) in [7, 11) is 1.90. The van der Waals surface area contributed by atoms with Crippen LogP contribution >= 0.6 is 0 Å². The Labute approximate surface area is 118 Å². The number of aromatic nitrogens is 3. The summed E-state index contributed by atoms with van der Waals surface area (Å²) in [6.07, 6.45) is 2.41. The molecule has 2 N–H and O–H groups in total. The molecule has 2 aromatic rings. The van der Waals surface area contributed by atoms with E-state index in [0.717, 1.165) is 23.5 Å². The molecule has 1 amide bonds. The van der Waals surface area contributed by atoms with Crippen molar-refractivity contribution in [3.63, 3.8) is 0 Å². The van der Waals surface area contributed by atoms with Crippen LogP contribution in [0, 0.1) is 6.92 Å². The van der Waals surface area contributed by atoms with Crippen molar-refractivity contribution in [2.75, 3.05) is 18.4 Å². The van der Waals surface area contributed by atoms with Gasteiger partial charge in [0.2, 0.25) is 5.91 Å². The Bertz CT molecular complexity index is 578. The second-order valence-electron chi connectivity index (χ2n) is 4.70.